The molecule has 6 rings (SSSR count). The summed E-state index contributed by atoms with van der Waals surface area (Å²) in [6, 6.07) is 22.3. The molecule has 0 unspecified atom stereocenters. The molecule has 1 amide bonds. The molecule has 0 aliphatic heterocycles. The number of nitrogens with zero attached hydrogens (tertiary/aromatic N) is 7. The Hall–Kier alpha value is -5.05. The van der Waals surface area contributed by atoms with Crippen LogP contribution in [0.5, 0.6) is 0 Å². The highest BCUT2D eigenvalue weighted by Crippen LogP contribution is 2.22. The fraction of sp³-hybridized carbons (Fsp3) is 0. The molecule has 0 aliphatic rings. The van der Waals surface area contributed by atoms with Crippen molar-refractivity contribution in [2.24, 2.45) is 0 Å². The fourth-order valence-corrected chi connectivity index (χ4v) is 3.61. The number of anilines is 1. The summed E-state index contributed by atoms with van der Waals surface area (Å²) in [6.45, 7) is 0. The van der Waals surface area contributed by atoms with Crippen LogP contribution in [-0.4, -0.2) is 40.7 Å². The second-order valence-electron chi connectivity index (χ2n) is 7.52. The number of amides is 1. The van der Waals surface area contributed by atoms with Crippen molar-refractivity contribution < 1.29 is 4.79 Å². The highest BCUT2D eigenvalue weighted by atomic mass is 16.1. The molecule has 4 heterocycles. The minimum absolute atomic E-state index is 0.256. The molecule has 0 spiro atoms. The molecule has 0 saturated heterocycles. The number of aromatic nitrogens is 7. The number of para-hydroxylation sites is 2. The predicted octanol–water partition coefficient (Wildman–Crippen LogP) is 4.05. The highest BCUT2D eigenvalue weighted by molar-refractivity contribution is 6.03. The Balaban J connectivity index is 1.25. The van der Waals surface area contributed by atoms with Crippen molar-refractivity contribution in [3.63, 3.8) is 0 Å². The van der Waals surface area contributed by atoms with Gasteiger partial charge in [-0.25, -0.2) is 4.98 Å². The third-order valence-corrected chi connectivity index (χ3v) is 5.32. The smallest absolute Gasteiger partial charge is 0.275 e. The molecule has 2 aromatic carbocycles. The Morgan fingerprint density at radius 2 is 1.59 bits per heavy atom. The first-order chi connectivity index (χ1) is 16.7. The van der Waals surface area contributed by atoms with Crippen LogP contribution >= 0.6 is 0 Å². The molecule has 0 saturated carbocycles. The Bertz CT molecular complexity index is 1650. The second-order valence-corrected chi connectivity index (χ2v) is 7.52. The zero-order valence-corrected chi connectivity index (χ0v) is 17.7. The lowest BCUT2D eigenvalue weighted by molar-refractivity contribution is 0.102. The monoisotopic (exact) mass is 444 g/mol. The Labute approximate surface area is 193 Å². The first-order valence-electron chi connectivity index (χ1n) is 10.5. The lowest BCUT2D eigenvalue weighted by atomic mass is 10.1. The summed E-state index contributed by atoms with van der Waals surface area (Å²) < 4.78 is 1.71. The number of carbonyl (C=O) groups is 1. The van der Waals surface area contributed by atoms with Crippen molar-refractivity contribution in [1.29, 1.82) is 0 Å². The van der Waals surface area contributed by atoms with E-state index in [4.69, 9.17) is 5.10 Å². The molecular formula is C25H16N8O. The molecular weight excluding hydrogens is 428 g/mol. The molecule has 1 N–H and O–H groups in total. The standard InChI is InChI=1S/C25H16N8O/c34-25(22-15-27-20-3-1-2-4-21(20)29-22)28-18-7-5-16(6-8-18)19-9-10-23-30-31-24(33(23)32-19)17-11-13-26-14-12-17/h1-15H,(H,28,34). The van der Waals surface area contributed by atoms with Gasteiger partial charge in [-0.3, -0.25) is 14.8 Å². The molecule has 9 heteroatoms. The number of nitrogens with one attached hydrogen (secondary N) is 1. The maximum atomic E-state index is 12.7. The van der Waals surface area contributed by atoms with Gasteiger partial charge in [-0.05, 0) is 48.5 Å². The maximum absolute atomic E-state index is 12.7. The van der Waals surface area contributed by atoms with E-state index in [-0.39, 0.29) is 11.6 Å². The van der Waals surface area contributed by atoms with E-state index in [1.807, 2.05) is 72.8 Å². The summed E-state index contributed by atoms with van der Waals surface area (Å²) in [6.07, 6.45) is 4.89. The first kappa shape index (κ1) is 19.6. The van der Waals surface area contributed by atoms with Crippen molar-refractivity contribution in [2.45, 2.75) is 0 Å². The van der Waals surface area contributed by atoms with Gasteiger partial charge in [0.1, 0.15) is 5.69 Å². The minimum Gasteiger partial charge on any atom is -0.321 e. The average molecular weight is 444 g/mol. The molecule has 34 heavy (non-hydrogen) atoms. The number of benzene rings is 2. The first-order valence-corrected chi connectivity index (χ1v) is 10.5. The average Bonchev–Trinajstić information content (AvgIpc) is 3.33. The van der Waals surface area contributed by atoms with Crippen LogP contribution < -0.4 is 5.32 Å². The lowest BCUT2D eigenvalue weighted by Gasteiger charge is -2.07. The third kappa shape index (κ3) is 3.61. The van der Waals surface area contributed by atoms with Crippen LogP contribution in [-0.2, 0) is 0 Å². The third-order valence-electron chi connectivity index (χ3n) is 5.32. The van der Waals surface area contributed by atoms with Gasteiger partial charge in [-0.1, -0.05) is 24.3 Å². The summed E-state index contributed by atoms with van der Waals surface area (Å²) in [5, 5.41) is 16.0. The second kappa shape index (κ2) is 8.14. The van der Waals surface area contributed by atoms with Gasteiger partial charge in [0.25, 0.3) is 5.91 Å². The molecule has 0 aliphatic carbocycles. The predicted molar refractivity (Wildman–Crippen MR) is 127 cm³/mol. The summed E-state index contributed by atoms with van der Waals surface area (Å²) in [5.41, 5.74) is 5.48. The van der Waals surface area contributed by atoms with Gasteiger partial charge in [0, 0.05) is 29.2 Å². The SMILES string of the molecule is O=C(Nc1ccc(-c2ccc3nnc(-c4ccncc4)n3n2)cc1)c1cnc2ccccc2n1. The van der Waals surface area contributed by atoms with E-state index >= 15 is 0 Å². The summed E-state index contributed by atoms with van der Waals surface area (Å²) in [4.78, 5) is 25.4. The Kier molecular flexibility index (Phi) is 4.70. The van der Waals surface area contributed by atoms with Crippen molar-refractivity contribution in [3.8, 4) is 22.6 Å². The van der Waals surface area contributed by atoms with E-state index in [1.165, 1.54) is 6.20 Å². The van der Waals surface area contributed by atoms with Crippen LogP contribution in [0.2, 0.25) is 0 Å². The molecule has 0 bridgehead atoms. The molecule has 0 fully saturated rings. The van der Waals surface area contributed by atoms with Gasteiger partial charge >= 0.3 is 0 Å². The Morgan fingerprint density at radius 3 is 2.41 bits per heavy atom. The van der Waals surface area contributed by atoms with Gasteiger partial charge in [0.05, 0.1) is 22.9 Å². The van der Waals surface area contributed by atoms with Gasteiger partial charge in [0.15, 0.2) is 11.5 Å². The van der Waals surface area contributed by atoms with Crippen LogP contribution in [0.1, 0.15) is 10.5 Å². The largest absolute Gasteiger partial charge is 0.321 e. The number of rotatable bonds is 4. The Morgan fingerprint density at radius 1 is 0.794 bits per heavy atom. The molecule has 0 atom stereocenters. The number of pyridine rings is 1. The van der Waals surface area contributed by atoms with E-state index in [2.05, 4.69) is 30.5 Å². The maximum Gasteiger partial charge on any atom is 0.275 e. The van der Waals surface area contributed by atoms with Gasteiger partial charge < -0.3 is 5.32 Å². The number of hydrogen-bond donors (Lipinski definition) is 1. The zero-order valence-electron chi connectivity index (χ0n) is 17.7. The van der Waals surface area contributed by atoms with Crippen molar-refractivity contribution in [1.82, 2.24) is 34.8 Å². The fourth-order valence-electron chi connectivity index (χ4n) is 3.61. The van der Waals surface area contributed by atoms with Crippen molar-refractivity contribution >= 4 is 28.3 Å². The van der Waals surface area contributed by atoms with Crippen LogP contribution in [0.15, 0.2) is 91.4 Å². The number of carbonyl (C=O) groups excluding carboxylic acids is 1. The lowest BCUT2D eigenvalue weighted by Crippen LogP contribution is -2.14. The van der Waals surface area contributed by atoms with Crippen molar-refractivity contribution in [3.05, 3.63) is 97.1 Å². The zero-order chi connectivity index (χ0) is 22.9. The number of fused-ring (bicyclic) bond motifs is 2. The van der Waals surface area contributed by atoms with Crippen LogP contribution in [0.25, 0.3) is 39.3 Å². The number of hydrogen-bond acceptors (Lipinski definition) is 7. The highest BCUT2D eigenvalue weighted by Gasteiger charge is 2.12. The molecule has 6 aromatic rings. The van der Waals surface area contributed by atoms with E-state index in [0.29, 0.717) is 22.7 Å². The van der Waals surface area contributed by atoms with Crippen LogP contribution in [0, 0.1) is 0 Å². The van der Waals surface area contributed by atoms with E-state index in [1.54, 1.807) is 16.9 Å². The van der Waals surface area contributed by atoms with E-state index in [0.717, 1.165) is 22.3 Å². The molecule has 0 radical (unpaired) electrons. The normalized spacial score (nSPS) is 11.1. The van der Waals surface area contributed by atoms with E-state index < -0.39 is 0 Å². The van der Waals surface area contributed by atoms with Gasteiger partial charge in [0.2, 0.25) is 0 Å². The van der Waals surface area contributed by atoms with Gasteiger partial charge in [-0.2, -0.15) is 9.61 Å². The van der Waals surface area contributed by atoms with Crippen molar-refractivity contribution in [2.75, 3.05) is 5.32 Å². The summed E-state index contributed by atoms with van der Waals surface area (Å²) >= 11 is 0. The topological polar surface area (TPSA) is 111 Å². The quantitative estimate of drug-likeness (QED) is 0.437. The van der Waals surface area contributed by atoms with Gasteiger partial charge in [-0.15, -0.1) is 10.2 Å². The molecule has 162 valence electrons. The van der Waals surface area contributed by atoms with E-state index in [9.17, 15) is 4.79 Å². The summed E-state index contributed by atoms with van der Waals surface area (Å²) in [7, 11) is 0. The molecule has 4 aromatic heterocycles. The van der Waals surface area contributed by atoms with Crippen LogP contribution in [0.4, 0.5) is 5.69 Å². The van der Waals surface area contributed by atoms with Crippen LogP contribution in [0.3, 0.4) is 0 Å². The molecule has 9 nitrogen and oxygen atoms in total. The summed E-state index contributed by atoms with van der Waals surface area (Å²) in [5.74, 6) is 0.316. The minimum atomic E-state index is -0.322.